The molecule has 19 heavy (non-hydrogen) atoms. The van der Waals surface area contributed by atoms with Gasteiger partial charge in [0.2, 0.25) is 0 Å². The van der Waals surface area contributed by atoms with Gasteiger partial charge in [0.1, 0.15) is 0 Å². The summed E-state index contributed by atoms with van der Waals surface area (Å²) in [6.45, 7) is 3.05. The molecule has 6 heteroatoms. The summed E-state index contributed by atoms with van der Waals surface area (Å²) in [5.74, 6) is -1.08. The SMILES string of the molecule is CCNc1nc(NCC2(SC)CCC2)c(F)cc1F. The number of hydrogen-bond donors (Lipinski definition) is 2. The van der Waals surface area contributed by atoms with E-state index in [0.29, 0.717) is 13.1 Å². The first-order valence-corrected chi connectivity index (χ1v) is 7.71. The summed E-state index contributed by atoms with van der Waals surface area (Å²) < 4.78 is 27.3. The van der Waals surface area contributed by atoms with Crippen molar-refractivity contribution in [3.05, 3.63) is 17.7 Å². The Morgan fingerprint density at radius 2 is 1.89 bits per heavy atom. The molecule has 106 valence electrons. The first-order chi connectivity index (χ1) is 9.10. The van der Waals surface area contributed by atoms with Crippen molar-refractivity contribution in [2.75, 3.05) is 30.0 Å². The molecule has 0 aliphatic heterocycles. The second kappa shape index (κ2) is 5.94. The van der Waals surface area contributed by atoms with Crippen molar-refractivity contribution < 1.29 is 8.78 Å². The highest BCUT2D eigenvalue weighted by atomic mass is 32.2. The zero-order valence-corrected chi connectivity index (χ0v) is 12.0. The molecule has 0 radical (unpaired) electrons. The van der Waals surface area contributed by atoms with Crippen LogP contribution in [0.5, 0.6) is 0 Å². The highest BCUT2D eigenvalue weighted by Gasteiger charge is 2.36. The number of hydrogen-bond acceptors (Lipinski definition) is 4. The maximum Gasteiger partial charge on any atom is 0.168 e. The molecule has 2 N–H and O–H groups in total. The predicted molar refractivity (Wildman–Crippen MR) is 76.9 cm³/mol. The molecule has 1 aromatic heterocycles. The van der Waals surface area contributed by atoms with Gasteiger partial charge in [-0.3, -0.25) is 0 Å². The smallest absolute Gasteiger partial charge is 0.168 e. The lowest BCUT2D eigenvalue weighted by Crippen LogP contribution is -2.40. The standard InChI is InChI=1S/C13H19F2N3S/c1-3-16-11-9(14)7-10(15)12(18-11)17-8-13(19-2)5-4-6-13/h7H,3-6,8H2,1-2H3,(H2,16,17,18). The van der Waals surface area contributed by atoms with Crippen molar-refractivity contribution in [3.8, 4) is 0 Å². The highest BCUT2D eigenvalue weighted by Crippen LogP contribution is 2.42. The molecule has 1 fully saturated rings. The minimum Gasteiger partial charge on any atom is -0.368 e. The van der Waals surface area contributed by atoms with Crippen LogP contribution in [0, 0.1) is 11.6 Å². The molecule has 0 bridgehead atoms. The quantitative estimate of drug-likeness (QED) is 0.840. The number of anilines is 2. The molecule has 1 heterocycles. The summed E-state index contributed by atoms with van der Waals surface area (Å²) in [6, 6.07) is 0.875. The number of thioether (sulfide) groups is 1. The Hall–Kier alpha value is -1.04. The number of halogens is 2. The van der Waals surface area contributed by atoms with Gasteiger partial charge in [-0.1, -0.05) is 6.42 Å². The zero-order valence-electron chi connectivity index (χ0n) is 11.2. The predicted octanol–water partition coefficient (Wildman–Crippen LogP) is 3.49. The number of nitrogens with zero attached hydrogens (tertiary/aromatic N) is 1. The molecule has 0 amide bonds. The topological polar surface area (TPSA) is 37.0 Å². The lowest BCUT2D eigenvalue weighted by molar-refractivity contribution is 0.379. The average Bonchev–Trinajstić information content (AvgIpc) is 2.33. The molecule has 2 rings (SSSR count). The van der Waals surface area contributed by atoms with Crippen molar-refractivity contribution in [2.45, 2.75) is 30.9 Å². The van der Waals surface area contributed by atoms with Gasteiger partial charge >= 0.3 is 0 Å². The van der Waals surface area contributed by atoms with Gasteiger partial charge in [-0.25, -0.2) is 13.8 Å². The van der Waals surface area contributed by atoms with E-state index < -0.39 is 11.6 Å². The third-order valence-electron chi connectivity index (χ3n) is 3.55. The fourth-order valence-corrected chi connectivity index (χ4v) is 3.06. The number of rotatable bonds is 6. The molecule has 1 saturated carbocycles. The molecule has 0 unspecified atom stereocenters. The first kappa shape index (κ1) is 14.4. The Morgan fingerprint density at radius 1 is 1.26 bits per heavy atom. The van der Waals surface area contributed by atoms with Gasteiger partial charge in [0.15, 0.2) is 23.3 Å². The molecule has 3 nitrogen and oxygen atoms in total. The summed E-state index contributed by atoms with van der Waals surface area (Å²) in [5, 5.41) is 5.80. The molecule has 0 spiro atoms. The molecule has 0 aromatic carbocycles. The number of pyridine rings is 1. The van der Waals surface area contributed by atoms with E-state index >= 15 is 0 Å². The second-order valence-corrected chi connectivity index (χ2v) is 6.05. The minimum atomic E-state index is -0.659. The molecule has 1 aromatic rings. The van der Waals surface area contributed by atoms with E-state index in [1.54, 1.807) is 11.8 Å². The van der Waals surface area contributed by atoms with Crippen LogP contribution in [0.2, 0.25) is 0 Å². The molecule has 0 atom stereocenters. The number of nitrogens with one attached hydrogen (secondary N) is 2. The van der Waals surface area contributed by atoms with Crippen LogP contribution in [0.1, 0.15) is 26.2 Å². The Morgan fingerprint density at radius 3 is 2.37 bits per heavy atom. The van der Waals surface area contributed by atoms with Gasteiger partial charge in [-0.15, -0.1) is 0 Å². The van der Waals surface area contributed by atoms with E-state index in [0.717, 1.165) is 18.9 Å². The maximum atomic E-state index is 13.7. The average molecular weight is 287 g/mol. The van der Waals surface area contributed by atoms with Crippen LogP contribution >= 0.6 is 11.8 Å². The Bertz CT molecular complexity index is 444. The Kier molecular flexibility index (Phi) is 4.50. The van der Waals surface area contributed by atoms with E-state index in [2.05, 4.69) is 21.9 Å². The van der Waals surface area contributed by atoms with Gasteiger partial charge in [-0.05, 0) is 26.0 Å². The Labute approximate surface area is 116 Å². The van der Waals surface area contributed by atoms with E-state index in [-0.39, 0.29) is 16.4 Å². The van der Waals surface area contributed by atoms with Crippen molar-refractivity contribution in [2.24, 2.45) is 0 Å². The second-order valence-electron chi connectivity index (χ2n) is 4.77. The number of aromatic nitrogens is 1. The van der Waals surface area contributed by atoms with Crippen molar-refractivity contribution in [3.63, 3.8) is 0 Å². The van der Waals surface area contributed by atoms with Crippen molar-refractivity contribution >= 4 is 23.4 Å². The minimum absolute atomic E-state index is 0.0956. The monoisotopic (exact) mass is 287 g/mol. The summed E-state index contributed by atoms with van der Waals surface area (Å²) in [7, 11) is 0. The third kappa shape index (κ3) is 3.11. The van der Waals surface area contributed by atoms with Crippen molar-refractivity contribution in [1.82, 2.24) is 4.98 Å². The van der Waals surface area contributed by atoms with E-state index in [9.17, 15) is 8.78 Å². The van der Waals surface area contributed by atoms with Crippen LogP contribution in [-0.2, 0) is 0 Å². The van der Waals surface area contributed by atoms with Gasteiger partial charge in [0.05, 0.1) is 0 Å². The largest absolute Gasteiger partial charge is 0.368 e. The van der Waals surface area contributed by atoms with Gasteiger partial charge in [-0.2, -0.15) is 11.8 Å². The van der Waals surface area contributed by atoms with Crippen molar-refractivity contribution in [1.29, 1.82) is 0 Å². The van der Waals surface area contributed by atoms with E-state index in [1.165, 1.54) is 6.42 Å². The maximum absolute atomic E-state index is 13.7. The van der Waals surface area contributed by atoms with E-state index in [1.807, 2.05) is 6.92 Å². The molecule has 0 saturated heterocycles. The summed E-state index contributed by atoms with van der Waals surface area (Å²) in [5.41, 5.74) is 0. The third-order valence-corrected chi connectivity index (χ3v) is 4.97. The van der Waals surface area contributed by atoms with Gasteiger partial charge in [0.25, 0.3) is 0 Å². The normalized spacial score (nSPS) is 16.8. The molecular formula is C13H19F2N3S. The van der Waals surface area contributed by atoms with Gasteiger partial charge in [0, 0.05) is 23.9 Å². The summed E-state index contributed by atoms with van der Waals surface area (Å²) in [6.07, 6.45) is 5.54. The van der Waals surface area contributed by atoms with Crippen LogP contribution in [0.3, 0.4) is 0 Å². The van der Waals surface area contributed by atoms with E-state index in [4.69, 9.17) is 0 Å². The first-order valence-electron chi connectivity index (χ1n) is 6.49. The summed E-state index contributed by atoms with van der Waals surface area (Å²) in [4.78, 5) is 3.98. The van der Waals surface area contributed by atoms with Crippen LogP contribution in [-0.4, -0.2) is 29.1 Å². The lowest BCUT2D eigenvalue weighted by atomic mass is 9.84. The van der Waals surface area contributed by atoms with Crippen LogP contribution in [0.25, 0.3) is 0 Å². The fraction of sp³-hybridized carbons (Fsp3) is 0.615. The Balaban J connectivity index is 2.08. The molecule has 1 aliphatic rings. The highest BCUT2D eigenvalue weighted by molar-refractivity contribution is 8.00. The van der Waals surface area contributed by atoms with Crippen LogP contribution in [0.4, 0.5) is 20.4 Å². The molecular weight excluding hydrogens is 268 g/mol. The van der Waals surface area contributed by atoms with Gasteiger partial charge < -0.3 is 10.6 Å². The zero-order chi connectivity index (χ0) is 13.9. The lowest BCUT2D eigenvalue weighted by Gasteiger charge is -2.40. The van der Waals surface area contributed by atoms with Crippen LogP contribution in [0.15, 0.2) is 6.07 Å². The fourth-order valence-electron chi connectivity index (χ4n) is 2.15. The molecule has 1 aliphatic carbocycles. The van der Waals surface area contributed by atoms with Crippen LogP contribution < -0.4 is 10.6 Å². The summed E-state index contributed by atoms with van der Waals surface area (Å²) >= 11 is 1.80.